The minimum Gasteiger partial charge on any atom is -0.352 e. The van der Waals surface area contributed by atoms with Crippen molar-refractivity contribution < 1.29 is 4.79 Å². The van der Waals surface area contributed by atoms with E-state index in [0.717, 1.165) is 12.1 Å². The van der Waals surface area contributed by atoms with Gasteiger partial charge in [0.1, 0.15) is 5.15 Å². The molecular weight excluding hydrogens is 260 g/mol. The first-order valence-corrected chi connectivity index (χ1v) is 7.06. The Morgan fingerprint density at radius 3 is 2.58 bits per heavy atom. The Hall–Kier alpha value is -1.09. The van der Waals surface area contributed by atoms with Crippen molar-refractivity contribution in [2.24, 2.45) is 11.3 Å². The first kappa shape index (κ1) is 16.0. The molecule has 1 rings (SSSR count). The van der Waals surface area contributed by atoms with Gasteiger partial charge in [-0.1, -0.05) is 46.2 Å². The van der Waals surface area contributed by atoms with Gasteiger partial charge in [-0.05, 0) is 29.9 Å². The summed E-state index contributed by atoms with van der Waals surface area (Å²) in [6.07, 6.45) is 0.763. The summed E-state index contributed by atoms with van der Waals surface area (Å²) in [7, 11) is 0. The second kappa shape index (κ2) is 6.38. The molecule has 1 aromatic rings. The van der Waals surface area contributed by atoms with Crippen LogP contribution in [0.25, 0.3) is 0 Å². The van der Waals surface area contributed by atoms with Gasteiger partial charge in [0.15, 0.2) is 0 Å². The lowest BCUT2D eigenvalue weighted by atomic mass is 9.82. The number of nitrogens with zero attached hydrogens (tertiary/aromatic N) is 1. The monoisotopic (exact) mass is 282 g/mol. The Kier molecular flexibility index (Phi) is 5.36. The van der Waals surface area contributed by atoms with Crippen molar-refractivity contribution in [3.63, 3.8) is 0 Å². The summed E-state index contributed by atoms with van der Waals surface area (Å²) >= 11 is 5.92. The molecular formula is C15H23ClN2O. The van der Waals surface area contributed by atoms with E-state index in [9.17, 15) is 4.79 Å². The standard InChI is InChI=1S/C15H23ClN2O/c1-6-12-7-11(8-13(16)18-12)14(19)17-9-10(2)15(3,4)5/h7-8,10H,6,9H2,1-5H3,(H,17,19). The predicted molar refractivity (Wildman–Crippen MR) is 79.6 cm³/mol. The molecule has 1 amide bonds. The highest BCUT2D eigenvalue weighted by molar-refractivity contribution is 6.29. The maximum Gasteiger partial charge on any atom is 0.251 e. The summed E-state index contributed by atoms with van der Waals surface area (Å²) < 4.78 is 0. The number of carbonyl (C=O) groups is 1. The van der Waals surface area contributed by atoms with Gasteiger partial charge < -0.3 is 5.32 Å². The second-order valence-corrected chi connectivity index (χ2v) is 6.39. The molecule has 0 saturated heterocycles. The van der Waals surface area contributed by atoms with Crippen molar-refractivity contribution in [3.8, 4) is 0 Å². The summed E-state index contributed by atoms with van der Waals surface area (Å²) in [6.45, 7) is 11.3. The Balaban J connectivity index is 2.71. The highest BCUT2D eigenvalue weighted by Gasteiger charge is 2.20. The number of hydrogen-bond acceptors (Lipinski definition) is 2. The van der Waals surface area contributed by atoms with Gasteiger partial charge in [-0.15, -0.1) is 0 Å². The number of hydrogen-bond donors (Lipinski definition) is 1. The molecule has 0 aromatic carbocycles. The summed E-state index contributed by atoms with van der Waals surface area (Å²) in [5.74, 6) is 0.314. The van der Waals surface area contributed by atoms with Crippen LogP contribution in [0.5, 0.6) is 0 Å². The van der Waals surface area contributed by atoms with Crippen LogP contribution < -0.4 is 5.32 Å². The number of halogens is 1. The lowest BCUT2D eigenvalue weighted by Crippen LogP contribution is -2.33. The number of rotatable bonds is 4. The van der Waals surface area contributed by atoms with Gasteiger partial charge in [-0.25, -0.2) is 4.98 Å². The summed E-state index contributed by atoms with van der Waals surface area (Å²) in [5, 5.41) is 3.33. The van der Waals surface area contributed by atoms with Crippen LogP contribution in [0, 0.1) is 11.3 Å². The summed E-state index contributed by atoms with van der Waals surface area (Å²) in [4.78, 5) is 16.3. The molecule has 1 aromatic heterocycles. The Morgan fingerprint density at radius 1 is 1.42 bits per heavy atom. The van der Waals surface area contributed by atoms with Crippen LogP contribution in [0.2, 0.25) is 5.15 Å². The van der Waals surface area contributed by atoms with E-state index in [1.54, 1.807) is 12.1 Å². The first-order valence-electron chi connectivity index (χ1n) is 6.68. The van der Waals surface area contributed by atoms with Crippen molar-refractivity contribution in [2.75, 3.05) is 6.54 Å². The van der Waals surface area contributed by atoms with Crippen LogP contribution in [0.3, 0.4) is 0 Å². The maximum absolute atomic E-state index is 12.1. The first-order chi connectivity index (χ1) is 8.74. The zero-order chi connectivity index (χ0) is 14.6. The van der Waals surface area contributed by atoms with Crippen LogP contribution in [0.4, 0.5) is 0 Å². The number of nitrogens with one attached hydrogen (secondary N) is 1. The van der Waals surface area contributed by atoms with Gasteiger partial charge in [0.05, 0.1) is 0 Å². The van der Waals surface area contributed by atoms with E-state index in [0.29, 0.717) is 23.2 Å². The average molecular weight is 283 g/mol. The zero-order valence-corrected chi connectivity index (χ0v) is 13.1. The maximum atomic E-state index is 12.1. The third kappa shape index (κ3) is 4.83. The van der Waals surface area contributed by atoms with Crippen LogP contribution in [0.15, 0.2) is 12.1 Å². The average Bonchev–Trinajstić information content (AvgIpc) is 2.33. The molecule has 0 aliphatic heterocycles. The fourth-order valence-corrected chi connectivity index (χ4v) is 1.74. The molecule has 0 bridgehead atoms. The van der Waals surface area contributed by atoms with Gasteiger partial charge in [0.2, 0.25) is 0 Å². The van der Waals surface area contributed by atoms with Crippen LogP contribution in [-0.4, -0.2) is 17.4 Å². The molecule has 0 saturated carbocycles. The fourth-order valence-electron chi connectivity index (χ4n) is 1.52. The van der Waals surface area contributed by atoms with E-state index in [1.165, 1.54) is 0 Å². The molecule has 4 heteroatoms. The molecule has 0 aliphatic rings. The zero-order valence-electron chi connectivity index (χ0n) is 12.4. The Bertz CT molecular complexity index is 452. The molecule has 3 nitrogen and oxygen atoms in total. The van der Waals surface area contributed by atoms with Gasteiger partial charge >= 0.3 is 0 Å². The van der Waals surface area contributed by atoms with Crippen molar-refractivity contribution in [1.82, 2.24) is 10.3 Å². The fraction of sp³-hybridized carbons (Fsp3) is 0.600. The van der Waals surface area contributed by atoms with E-state index < -0.39 is 0 Å². The van der Waals surface area contributed by atoms with Gasteiger partial charge in [-0.3, -0.25) is 4.79 Å². The largest absolute Gasteiger partial charge is 0.352 e. The molecule has 1 unspecified atom stereocenters. The van der Waals surface area contributed by atoms with Crippen molar-refractivity contribution >= 4 is 17.5 Å². The highest BCUT2D eigenvalue weighted by Crippen LogP contribution is 2.24. The molecule has 0 fully saturated rings. The third-order valence-corrected chi connectivity index (χ3v) is 3.71. The lowest BCUT2D eigenvalue weighted by molar-refractivity contribution is 0.0937. The normalized spacial score (nSPS) is 13.2. The molecule has 106 valence electrons. The Labute approximate surface area is 120 Å². The molecule has 0 aliphatic carbocycles. The van der Waals surface area contributed by atoms with Gasteiger partial charge in [0.25, 0.3) is 5.91 Å². The number of aryl methyl sites for hydroxylation is 1. The van der Waals surface area contributed by atoms with Crippen molar-refractivity contribution in [2.45, 2.75) is 41.0 Å². The third-order valence-electron chi connectivity index (χ3n) is 3.52. The molecule has 0 spiro atoms. The summed E-state index contributed by atoms with van der Waals surface area (Å²) in [6, 6.07) is 3.40. The smallest absolute Gasteiger partial charge is 0.251 e. The molecule has 19 heavy (non-hydrogen) atoms. The van der Waals surface area contributed by atoms with E-state index >= 15 is 0 Å². The number of aromatic nitrogens is 1. The van der Waals surface area contributed by atoms with Crippen molar-refractivity contribution in [1.29, 1.82) is 0 Å². The summed E-state index contributed by atoms with van der Waals surface area (Å²) in [5.41, 5.74) is 1.59. The minimum absolute atomic E-state index is 0.0879. The van der Waals surface area contributed by atoms with Crippen LogP contribution in [-0.2, 0) is 6.42 Å². The van der Waals surface area contributed by atoms with Gasteiger partial charge in [0, 0.05) is 17.8 Å². The number of amides is 1. The predicted octanol–water partition coefficient (Wildman–Crippen LogP) is 3.71. The quantitative estimate of drug-likeness (QED) is 0.856. The lowest BCUT2D eigenvalue weighted by Gasteiger charge is -2.27. The van der Waals surface area contributed by atoms with Crippen LogP contribution >= 0.6 is 11.6 Å². The van der Waals surface area contributed by atoms with E-state index in [-0.39, 0.29) is 11.3 Å². The van der Waals surface area contributed by atoms with E-state index in [1.807, 2.05) is 6.92 Å². The molecule has 1 N–H and O–H groups in total. The molecule has 0 radical (unpaired) electrons. The number of pyridine rings is 1. The highest BCUT2D eigenvalue weighted by atomic mass is 35.5. The van der Waals surface area contributed by atoms with E-state index in [4.69, 9.17) is 11.6 Å². The van der Waals surface area contributed by atoms with Gasteiger partial charge in [-0.2, -0.15) is 0 Å². The minimum atomic E-state index is -0.0879. The van der Waals surface area contributed by atoms with Crippen molar-refractivity contribution in [3.05, 3.63) is 28.5 Å². The second-order valence-electron chi connectivity index (χ2n) is 6.00. The van der Waals surface area contributed by atoms with Crippen LogP contribution in [0.1, 0.15) is 50.7 Å². The number of carbonyl (C=O) groups excluding carboxylic acids is 1. The molecule has 1 heterocycles. The van der Waals surface area contributed by atoms with E-state index in [2.05, 4.69) is 38.0 Å². The topological polar surface area (TPSA) is 42.0 Å². The molecule has 1 atom stereocenters. The Morgan fingerprint density at radius 2 is 2.05 bits per heavy atom. The SMILES string of the molecule is CCc1cc(C(=O)NCC(C)C(C)(C)C)cc(Cl)n1.